The summed E-state index contributed by atoms with van der Waals surface area (Å²) in [5.41, 5.74) is 10.5. The van der Waals surface area contributed by atoms with Gasteiger partial charge in [0, 0.05) is 62.8 Å². The number of nitrogens with zero attached hydrogens (tertiary/aromatic N) is 2. The molecule has 0 atom stereocenters. The number of aryl methyl sites for hydroxylation is 2. The lowest BCUT2D eigenvalue weighted by molar-refractivity contribution is 0.0342. The number of morpholine rings is 1. The number of hydrogen-bond acceptors (Lipinski definition) is 5. The molecule has 0 amide bonds. The highest BCUT2D eigenvalue weighted by Gasteiger charge is 2.22. The Hall–Kier alpha value is -2.93. The van der Waals surface area contributed by atoms with Crippen LogP contribution in [0.1, 0.15) is 59.2 Å². The zero-order valence-electron chi connectivity index (χ0n) is 24.1. The number of ether oxygens (including phenoxy) is 1. The van der Waals surface area contributed by atoms with Gasteiger partial charge in [0.25, 0.3) is 5.56 Å². The maximum Gasteiger partial charge on any atom is 0.252 e. The smallest absolute Gasteiger partial charge is 0.252 e. The minimum Gasteiger partial charge on any atom is -0.379 e. The van der Waals surface area contributed by atoms with Crippen molar-refractivity contribution in [2.45, 2.75) is 72.1 Å². The van der Waals surface area contributed by atoms with Crippen molar-refractivity contribution >= 4 is 5.69 Å². The van der Waals surface area contributed by atoms with Gasteiger partial charge in [-0.15, -0.1) is 0 Å². The van der Waals surface area contributed by atoms with Crippen molar-refractivity contribution in [1.29, 1.82) is 0 Å². The van der Waals surface area contributed by atoms with Gasteiger partial charge >= 0.3 is 0 Å². The van der Waals surface area contributed by atoms with Crippen molar-refractivity contribution in [2.75, 3.05) is 38.3 Å². The van der Waals surface area contributed by atoms with Crippen LogP contribution in [0, 0.1) is 20.8 Å². The summed E-state index contributed by atoms with van der Waals surface area (Å²) in [4.78, 5) is 20.5. The summed E-state index contributed by atoms with van der Waals surface area (Å²) in [6, 6.07) is 16.4. The highest BCUT2D eigenvalue weighted by molar-refractivity contribution is 5.73. The largest absolute Gasteiger partial charge is 0.379 e. The Morgan fingerprint density at radius 1 is 0.974 bits per heavy atom. The molecule has 1 saturated heterocycles. The Kier molecular flexibility index (Phi) is 8.85. The van der Waals surface area contributed by atoms with Crippen LogP contribution in [-0.4, -0.2) is 49.3 Å². The first-order valence-corrected chi connectivity index (χ1v) is 14.5. The zero-order chi connectivity index (χ0) is 27.4. The number of nitrogens with one attached hydrogen (secondary N) is 2. The summed E-state index contributed by atoms with van der Waals surface area (Å²) in [6.45, 7) is 12.1. The third kappa shape index (κ3) is 6.63. The first-order valence-electron chi connectivity index (χ1n) is 14.5. The third-order valence-electron chi connectivity index (χ3n) is 8.65. The average Bonchev–Trinajstić information content (AvgIpc) is 3.47. The molecule has 0 bridgehead atoms. The monoisotopic (exact) mass is 528 g/mol. The van der Waals surface area contributed by atoms with E-state index in [1.54, 1.807) is 0 Å². The van der Waals surface area contributed by atoms with E-state index >= 15 is 0 Å². The molecule has 3 aromatic rings. The number of hydrogen-bond donors (Lipinski definition) is 2. The third-order valence-corrected chi connectivity index (χ3v) is 8.65. The SMILES string of the molecule is Cc1cc(C)c(CNCc2cc(-c3ccc(CN4CCOCC4)cc3)cc(N(C)C3CCCC3)c2C)c(=O)[nH]1. The summed E-state index contributed by atoms with van der Waals surface area (Å²) in [5.74, 6) is 0. The Labute approximate surface area is 233 Å². The molecule has 1 aliphatic heterocycles. The Balaban J connectivity index is 1.39. The molecule has 1 aromatic heterocycles. The minimum atomic E-state index is 0.00398. The van der Waals surface area contributed by atoms with Gasteiger partial charge in [0.2, 0.25) is 0 Å². The Morgan fingerprint density at radius 3 is 2.38 bits per heavy atom. The van der Waals surface area contributed by atoms with Gasteiger partial charge in [0.1, 0.15) is 0 Å². The van der Waals surface area contributed by atoms with Gasteiger partial charge in [0.15, 0.2) is 0 Å². The first-order chi connectivity index (χ1) is 18.9. The van der Waals surface area contributed by atoms with E-state index in [1.807, 2.05) is 19.9 Å². The van der Waals surface area contributed by atoms with Crippen LogP contribution in [0.5, 0.6) is 0 Å². The molecule has 2 fully saturated rings. The zero-order valence-corrected chi connectivity index (χ0v) is 24.1. The van der Waals surface area contributed by atoms with Gasteiger partial charge in [-0.1, -0.05) is 37.1 Å². The second kappa shape index (κ2) is 12.5. The van der Waals surface area contributed by atoms with Gasteiger partial charge in [-0.05, 0) is 85.2 Å². The van der Waals surface area contributed by atoms with Crippen molar-refractivity contribution in [2.24, 2.45) is 0 Å². The fourth-order valence-corrected chi connectivity index (χ4v) is 6.21. The van der Waals surface area contributed by atoms with E-state index in [0.29, 0.717) is 19.1 Å². The lowest BCUT2D eigenvalue weighted by atomic mass is 9.96. The van der Waals surface area contributed by atoms with E-state index in [-0.39, 0.29) is 5.56 Å². The summed E-state index contributed by atoms with van der Waals surface area (Å²) >= 11 is 0. The van der Waals surface area contributed by atoms with Crippen LogP contribution < -0.4 is 15.8 Å². The number of rotatable bonds is 9. The second-order valence-electron chi connectivity index (χ2n) is 11.5. The predicted octanol–water partition coefficient (Wildman–Crippen LogP) is 5.47. The Bertz CT molecular complexity index is 1320. The molecule has 2 heterocycles. The first kappa shape index (κ1) is 27.6. The van der Waals surface area contributed by atoms with E-state index < -0.39 is 0 Å². The lowest BCUT2D eigenvalue weighted by Crippen LogP contribution is -2.35. The maximum atomic E-state index is 12.5. The van der Waals surface area contributed by atoms with Crippen LogP contribution >= 0.6 is 0 Å². The molecule has 1 saturated carbocycles. The maximum absolute atomic E-state index is 12.5. The predicted molar refractivity (Wildman–Crippen MR) is 160 cm³/mol. The van der Waals surface area contributed by atoms with Crippen molar-refractivity contribution in [3.8, 4) is 11.1 Å². The quantitative estimate of drug-likeness (QED) is 0.386. The Morgan fingerprint density at radius 2 is 1.69 bits per heavy atom. The molecule has 2 N–H and O–H groups in total. The van der Waals surface area contributed by atoms with Crippen LogP contribution in [0.2, 0.25) is 0 Å². The van der Waals surface area contributed by atoms with Gasteiger partial charge < -0.3 is 19.9 Å². The van der Waals surface area contributed by atoms with E-state index in [1.165, 1.54) is 59.2 Å². The molecule has 0 radical (unpaired) electrons. The van der Waals surface area contributed by atoms with Crippen molar-refractivity contribution in [3.63, 3.8) is 0 Å². The lowest BCUT2D eigenvalue weighted by Gasteiger charge is -2.30. The molecule has 0 unspecified atom stereocenters. The fourth-order valence-electron chi connectivity index (χ4n) is 6.21. The molecule has 0 spiro atoms. The van der Waals surface area contributed by atoms with E-state index in [0.717, 1.165) is 49.7 Å². The number of H-pyrrole nitrogens is 1. The van der Waals surface area contributed by atoms with Crippen LogP contribution in [-0.2, 0) is 24.4 Å². The van der Waals surface area contributed by atoms with Gasteiger partial charge in [-0.3, -0.25) is 9.69 Å². The van der Waals surface area contributed by atoms with Crippen LogP contribution in [0.25, 0.3) is 11.1 Å². The molecule has 2 aliphatic rings. The topological polar surface area (TPSA) is 60.6 Å². The second-order valence-corrected chi connectivity index (χ2v) is 11.5. The van der Waals surface area contributed by atoms with E-state index in [4.69, 9.17) is 4.74 Å². The van der Waals surface area contributed by atoms with Crippen molar-refractivity contribution in [3.05, 3.63) is 86.3 Å². The number of anilines is 1. The molecule has 5 rings (SSSR count). The number of pyridine rings is 1. The minimum absolute atomic E-state index is 0.00398. The van der Waals surface area contributed by atoms with Crippen LogP contribution in [0.4, 0.5) is 5.69 Å². The van der Waals surface area contributed by atoms with Crippen molar-refractivity contribution in [1.82, 2.24) is 15.2 Å². The van der Waals surface area contributed by atoms with E-state index in [2.05, 4.69) is 70.5 Å². The summed E-state index contributed by atoms with van der Waals surface area (Å²) in [6.07, 6.45) is 5.16. The van der Waals surface area contributed by atoms with Crippen LogP contribution in [0.3, 0.4) is 0 Å². The van der Waals surface area contributed by atoms with Crippen molar-refractivity contribution < 1.29 is 4.74 Å². The molecule has 39 heavy (non-hydrogen) atoms. The van der Waals surface area contributed by atoms with E-state index in [9.17, 15) is 4.79 Å². The summed E-state index contributed by atoms with van der Waals surface area (Å²) < 4.78 is 5.50. The molecule has 208 valence electrons. The number of aromatic nitrogens is 1. The fraction of sp³-hybridized carbons (Fsp3) is 0.485. The van der Waals surface area contributed by atoms with Gasteiger partial charge in [-0.2, -0.15) is 0 Å². The molecule has 6 heteroatoms. The van der Waals surface area contributed by atoms with Crippen LogP contribution in [0.15, 0.2) is 47.3 Å². The highest BCUT2D eigenvalue weighted by Crippen LogP contribution is 2.35. The number of benzene rings is 2. The highest BCUT2D eigenvalue weighted by atomic mass is 16.5. The average molecular weight is 529 g/mol. The standard InChI is InChI=1S/C33H44N4O2/c1-23-17-24(2)35-33(38)31(23)21-34-20-29-18-28(19-32(25(29)3)36(4)30-7-5-6-8-30)27-11-9-26(10-12-27)22-37-13-15-39-16-14-37/h9-12,17-19,30,34H,5-8,13-16,20-22H2,1-4H3,(H,35,38). The molecular formula is C33H44N4O2. The van der Waals surface area contributed by atoms with Gasteiger partial charge in [0.05, 0.1) is 13.2 Å². The molecule has 2 aromatic carbocycles. The van der Waals surface area contributed by atoms with Gasteiger partial charge in [-0.25, -0.2) is 0 Å². The summed E-state index contributed by atoms with van der Waals surface area (Å²) in [7, 11) is 2.26. The molecule has 6 nitrogen and oxygen atoms in total. The molecular weight excluding hydrogens is 484 g/mol. The number of aromatic amines is 1. The normalized spacial score (nSPS) is 16.6. The molecule has 1 aliphatic carbocycles. The summed E-state index contributed by atoms with van der Waals surface area (Å²) in [5, 5.41) is 3.57.